The number of hydrogen-bond donors (Lipinski definition) is 2. The van der Waals surface area contributed by atoms with Crippen molar-refractivity contribution in [1.29, 1.82) is 0 Å². The molecule has 0 atom stereocenters. The van der Waals surface area contributed by atoms with E-state index in [1.54, 1.807) is 59.3 Å². The first-order valence-corrected chi connectivity index (χ1v) is 11.5. The number of hydrogen-bond acceptors (Lipinski definition) is 4. The van der Waals surface area contributed by atoms with Crippen molar-refractivity contribution in [3.8, 4) is 0 Å². The van der Waals surface area contributed by atoms with Gasteiger partial charge in [0.2, 0.25) is 5.91 Å². The van der Waals surface area contributed by atoms with Crippen LogP contribution in [0.4, 0.5) is 20.6 Å². The molecule has 5 rings (SSSR count). The van der Waals surface area contributed by atoms with Gasteiger partial charge >= 0.3 is 6.03 Å². The van der Waals surface area contributed by atoms with E-state index in [-0.39, 0.29) is 23.7 Å². The van der Waals surface area contributed by atoms with Crippen LogP contribution in [0.2, 0.25) is 5.02 Å². The predicted molar refractivity (Wildman–Crippen MR) is 137 cm³/mol. The van der Waals surface area contributed by atoms with Gasteiger partial charge < -0.3 is 9.88 Å². The van der Waals surface area contributed by atoms with Crippen molar-refractivity contribution in [3.63, 3.8) is 0 Å². The number of anilines is 2. The van der Waals surface area contributed by atoms with E-state index < -0.39 is 23.7 Å². The summed E-state index contributed by atoms with van der Waals surface area (Å²) >= 11 is 5.89. The van der Waals surface area contributed by atoms with E-state index in [2.05, 4.69) is 10.6 Å². The van der Waals surface area contributed by atoms with Crippen molar-refractivity contribution in [2.75, 3.05) is 10.2 Å². The number of carbonyl (C=O) groups excluding carboxylic acids is 4. The highest BCUT2D eigenvalue weighted by atomic mass is 35.5. The molecule has 0 bridgehead atoms. The second-order valence-electron chi connectivity index (χ2n) is 8.22. The van der Waals surface area contributed by atoms with Crippen LogP contribution in [-0.4, -0.2) is 28.3 Å². The fraction of sp³-hybridized carbons (Fsp3) is 0.0370. The number of carbonyl (C=O) groups is 4. The lowest BCUT2D eigenvalue weighted by Gasteiger charge is -2.26. The second kappa shape index (κ2) is 9.71. The SMILES string of the molecule is O=C(Cn1cc(C=C2C(=O)NC(=O)N(c3cccc(F)c3)C2=O)c2ccccc21)Nc1ccc(Cl)cc1. The summed E-state index contributed by atoms with van der Waals surface area (Å²) in [5.74, 6) is -2.70. The van der Waals surface area contributed by atoms with Crippen molar-refractivity contribution in [2.24, 2.45) is 0 Å². The Morgan fingerprint density at radius 1 is 1.00 bits per heavy atom. The average Bonchev–Trinajstić information content (AvgIpc) is 3.20. The van der Waals surface area contributed by atoms with Gasteiger partial charge in [-0.05, 0) is 54.6 Å². The largest absolute Gasteiger partial charge is 0.337 e. The molecule has 3 aromatic carbocycles. The van der Waals surface area contributed by atoms with Crippen LogP contribution in [-0.2, 0) is 20.9 Å². The molecule has 0 radical (unpaired) electrons. The maximum Gasteiger partial charge on any atom is 0.335 e. The minimum atomic E-state index is -0.973. The molecule has 0 unspecified atom stereocenters. The Morgan fingerprint density at radius 2 is 1.76 bits per heavy atom. The third-order valence-electron chi connectivity index (χ3n) is 5.73. The molecule has 0 aliphatic carbocycles. The predicted octanol–water partition coefficient (Wildman–Crippen LogP) is 4.74. The number of rotatable bonds is 5. The zero-order chi connectivity index (χ0) is 26.1. The van der Waals surface area contributed by atoms with Gasteiger partial charge in [0.1, 0.15) is 17.9 Å². The molecule has 184 valence electrons. The molecule has 37 heavy (non-hydrogen) atoms. The minimum absolute atomic E-state index is 0.0119. The Hall–Kier alpha value is -4.76. The fourth-order valence-electron chi connectivity index (χ4n) is 4.07. The summed E-state index contributed by atoms with van der Waals surface area (Å²) in [5, 5.41) is 6.15. The fourth-order valence-corrected chi connectivity index (χ4v) is 4.20. The van der Waals surface area contributed by atoms with Crippen LogP contribution in [0.3, 0.4) is 0 Å². The number of barbiturate groups is 1. The normalized spacial score (nSPS) is 14.8. The van der Waals surface area contributed by atoms with E-state index in [4.69, 9.17) is 11.6 Å². The molecule has 1 aromatic heterocycles. The monoisotopic (exact) mass is 516 g/mol. The number of para-hydroxylation sites is 1. The second-order valence-corrected chi connectivity index (χ2v) is 8.66. The molecule has 1 fully saturated rings. The zero-order valence-electron chi connectivity index (χ0n) is 19.1. The summed E-state index contributed by atoms with van der Waals surface area (Å²) in [6.45, 7) is -0.0413. The highest BCUT2D eigenvalue weighted by molar-refractivity contribution is 6.39. The zero-order valence-corrected chi connectivity index (χ0v) is 19.8. The Morgan fingerprint density at radius 3 is 2.51 bits per heavy atom. The number of halogens is 2. The van der Waals surface area contributed by atoms with Crippen LogP contribution >= 0.6 is 11.6 Å². The van der Waals surface area contributed by atoms with Gasteiger partial charge in [-0.3, -0.25) is 19.7 Å². The summed E-state index contributed by atoms with van der Waals surface area (Å²) in [4.78, 5) is 51.6. The van der Waals surface area contributed by atoms with E-state index in [0.29, 0.717) is 32.1 Å². The van der Waals surface area contributed by atoms with E-state index >= 15 is 0 Å². The van der Waals surface area contributed by atoms with Gasteiger partial charge in [-0.15, -0.1) is 0 Å². The van der Waals surface area contributed by atoms with Crippen molar-refractivity contribution in [3.05, 3.63) is 101 Å². The van der Waals surface area contributed by atoms with E-state index in [1.165, 1.54) is 24.3 Å². The van der Waals surface area contributed by atoms with E-state index in [0.717, 1.165) is 6.07 Å². The van der Waals surface area contributed by atoms with Crippen LogP contribution in [0, 0.1) is 5.82 Å². The molecule has 8 nitrogen and oxygen atoms in total. The number of urea groups is 1. The number of imide groups is 2. The summed E-state index contributed by atoms with van der Waals surface area (Å²) < 4.78 is 15.4. The number of benzene rings is 3. The number of amides is 5. The summed E-state index contributed by atoms with van der Waals surface area (Å²) in [6, 6.07) is 17.8. The van der Waals surface area contributed by atoms with E-state index in [9.17, 15) is 23.6 Å². The molecule has 1 aliphatic rings. The van der Waals surface area contributed by atoms with Crippen molar-refractivity contribution in [2.45, 2.75) is 6.54 Å². The average molecular weight is 517 g/mol. The van der Waals surface area contributed by atoms with Crippen molar-refractivity contribution < 1.29 is 23.6 Å². The summed E-state index contributed by atoms with van der Waals surface area (Å²) in [6.07, 6.45) is 2.99. The van der Waals surface area contributed by atoms with Gasteiger partial charge in [0.25, 0.3) is 11.8 Å². The number of nitrogens with one attached hydrogen (secondary N) is 2. The molecule has 1 aliphatic heterocycles. The maximum atomic E-state index is 13.7. The molecule has 0 saturated carbocycles. The van der Waals surface area contributed by atoms with Crippen LogP contribution in [0.5, 0.6) is 0 Å². The Balaban J connectivity index is 1.48. The van der Waals surface area contributed by atoms with E-state index in [1.807, 2.05) is 0 Å². The van der Waals surface area contributed by atoms with Crippen LogP contribution < -0.4 is 15.5 Å². The van der Waals surface area contributed by atoms with Crippen molar-refractivity contribution in [1.82, 2.24) is 9.88 Å². The van der Waals surface area contributed by atoms with Crippen molar-refractivity contribution >= 4 is 63.7 Å². The highest BCUT2D eigenvalue weighted by Gasteiger charge is 2.37. The van der Waals surface area contributed by atoms with Crippen LogP contribution in [0.15, 0.2) is 84.6 Å². The molecule has 2 N–H and O–H groups in total. The maximum absolute atomic E-state index is 13.7. The van der Waals surface area contributed by atoms with Gasteiger partial charge in [-0.1, -0.05) is 35.9 Å². The molecule has 4 aromatic rings. The lowest BCUT2D eigenvalue weighted by Crippen LogP contribution is -2.54. The third kappa shape index (κ3) is 4.85. The first-order valence-electron chi connectivity index (χ1n) is 11.1. The van der Waals surface area contributed by atoms with Gasteiger partial charge in [0.05, 0.1) is 5.69 Å². The minimum Gasteiger partial charge on any atom is -0.337 e. The lowest BCUT2D eigenvalue weighted by atomic mass is 10.1. The summed E-state index contributed by atoms with van der Waals surface area (Å²) in [7, 11) is 0. The Bertz CT molecular complexity index is 1610. The standard InChI is InChI=1S/C27H18ClFN4O4/c28-17-8-10-19(11-9-17)30-24(34)15-32-14-16(21-6-1-2-7-23(21)32)12-22-25(35)31-27(37)33(26(22)36)20-5-3-4-18(29)13-20/h1-14H,15H2,(H,30,34)(H,31,35,37). The Kier molecular flexibility index (Phi) is 6.29. The molecule has 5 amide bonds. The number of fused-ring (bicyclic) bond motifs is 1. The van der Waals surface area contributed by atoms with Gasteiger partial charge in [0, 0.05) is 33.4 Å². The lowest BCUT2D eigenvalue weighted by molar-refractivity contribution is -0.122. The van der Waals surface area contributed by atoms with Gasteiger partial charge in [0.15, 0.2) is 0 Å². The smallest absolute Gasteiger partial charge is 0.335 e. The first-order chi connectivity index (χ1) is 17.8. The number of nitrogens with zero attached hydrogens (tertiary/aromatic N) is 2. The molecule has 10 heteroatoms. The third-order valence-corrected chi connectivity index (χ3v) is 5.98. The summed E-state index contributed by atoms with van der Waals surface area (Å²) in [5.41, 5.74) is 1.45. The number of aromatic nitrogens is 1. The topological polar surface area (TPSA) is 101 Å². The Labute approximate surface area is 214 Å². The molecule has 0 spiro atoms. The van der Waals surface area contributed by atoms with Crippen LogP contribution in [0.25, 0.3) is 17.0 Å². The quantitative estimate of drug-likeness (QED) is 0.295. The first kappa shape index (κ1) is 24.0. The molecule has 2 heterocycles. The van der Waals surface area contributed by atoms with Gasteiger partial charge in [-0.25, -0.2) is 14.1 Å². The highest BCUT2D eigenvalue weighted by Crippen LogP contribution is 2.27. The molecular weight excluding hydrogens is 499 g/mol. The van der Waals surface area contributed by atoms with Gasteiger partial charge in [-0.2, -0.15) is 0 Å². The van der Waals surface area contributed by atoms with Crippen LogP contribution in [0.1, 0.15) is 5.56 Å². The molecular formula is C27H18ClFN4O4. The molecule has 1 saturated heterocycles.